The Bertz CT molecular complexity index is 432. The first kappa shape index (κ1) is 16.9. The second-order valence-corrected chi connectivity index (χ2v) is 5.27. The molecule has 2 rings (SSSR count). The summed E-state index contributed by atoms with van der Waals surface area (Å²) in [5.74, 6) is -0.112. The third kappa shape index (κ3) is 4.46. The predicted octanol–water partition coefficient (Wildman–Crippen LogP) is 2.39. The molecule has 3 nitrogen and oxygen atoms in total. The monoisotopic (exact) mass is 300 g/mol. The van der Waals surface area contributed by atoms with Gasteiger partial charge in [0.15, 0.2) is 0 Å². The molecule has 0 aromatic heterocycles. The van der Waals surface area contributed by atoms with Crippen molar-refractivity contribution in [2.45, 2.75) is 31.1 Å². The van der Waals surface area contributed by atoms with E-state index in [2.05, 4.69) is 10.6 Å². The minimum atomic E-state index is -0.212. The largest absolute Gasteiger partial charge is 0.355 e. The van der Waals surface area contributed by atoms with Crippen molar-refractivity contribution in [2.24, 2.45) is 0 Å². The number of carbonyl (C=O) groups is 1. The van der Waals surface area contributed by atoms with Crippen LogP contribution >= 0.6 is 12.4 Å². The first-order valence-corrected chi connectivity index (χ1v) is 6.84. The zero-order chi connectivity index (χ0) is 13.7. The molecule has 0 spiro atoms. The highest BCUT2D eigenvalue weighted by molar-refractivity contribution is 5.85. The Hall–Kier alpha value is -1.13. The predicted molar refractivity (Wildman–Crippen MR) is 80.7 cm³/mol. The summed E-state index contributed by atoms with van der Waals surface area (Å²) in [5.41, 5.74) is 1.18. The van der Waals surface area contributed by atoms with Gasteiger partial charge in [0.1, 0.15) is 5.82 Å². The zero-order valence-electron chi connectivity index (χ0n) is 11.7. The van der Waals surface area contributed by atoms with E-state index >= 15 is 0 Å². The van der Waals surface area contributed by atoms with Crippen molar-refractivity contribution in [3.8, 4) is 0 Å². The molecule has 0 saturated heterocycles. The molecule has 0 atom stereocenters. The van der Waals surface area contributed by atoms with Crippen LogP contribution in [0.3, 0.4) is 0 Å². The van der Waals surface area contributed by atoms with Crippen molar-refractivity contribution in [1.29, 1.82) is 0 Å². The van der Waals surface area contributed by atoms with Crippen molar-refractivity contribution in [2.75, 3.05) is 20.1 Å². The van der Waals surface area contributed by atoms with E-state index in [-0.39, 0.29) is 29.5 Å². The Morgan fingerprint density at radius 3 is 2.50 bits per heavy atom. The average molecular weight is 301 g/mol. The maximum absolute atomic E-state index is 12.9. The summed E-state index contributed by atoms with van der Waals surface area (Å²) in [6.07, 6.45) is 3.54. The van der Waals surface area contributed by atoms with Gasteiger partial charge in [-0.05, 0) is 50.6 Å². The van der Waals surface area contributed by atoms with E-state index in [0.29, 0.717) is 13.0 Å². The first-order chi connectivity index (χ1) is 9.16. The van der Waals surface area contributed by atoms with Crippen LogP contribution in [0.1, 0.15) is 31.2 Å². The number of rotatable bonds is 7. The van der Waals surface area contributed by atoms with Gasteiger partial charge in [0.25, 0.3) is 0 Å². The molecule has 0 heterocycles. The molecule has 2 N–H and O–H groups in total. The van der Waals surface area contributed by atoms with E-state index in [1.807, 2.05) is 19.2 Å². The molecular formula is C15H22ClFN2O. The van der Waals surface area contributed by atoms with Crippen molar-refractivity contribution in [3.05, 3.63) is 35.6 Å². The van der Waals surface area contributed by atoms with Crippen molar-refractivity contribution < 1.29 is 9.18 Å². The molecule has 112 valence electrons. The SMILES string of the molecule is CNCCCC(=O)NCC1(c2ccc(F)cc2)CC1.Cl. The lowest BCUT2D eigenvalue weighted by molar-refractivity contribution is -0.121. The van der Waals surface area contributed by atoms with Crippen LogP contribution in [0.25, 0.3) is 0 Å². The molecule has 1 amide bonds. The van der Waals surface area contributed by atoms with Crippen molar-refractivity contribution in [1.82, 2.24) is 10.6 Å². The Balaban J connectivity index is 0.00000200. The van der Waals surface area contributed by atoms with Crippen LogP contribution in [-0.4, -0.2) is 26.0 Å². The molecule has 20 heavy (non-hydrogen) atoms. The molecule has 0 unspecified atom stereocenters. The number of hydrogen-bond donors (Lipinski definition) is 2. The molecule has 1 aliphatic rings. The quantitative estimate of drug-likeness (QED) is 0.759. The molecule has 0 radical (unpaired) electrons. The number of hydrogen-bond acceptors (Lipinski definition) is 2. The van der Waals surface area contributed by atoms with Crippen LogP contribution in [0.5, 0.6) is 0 Å². The fourth-order valence-electron chi connectivity index (χ4n) is 2.30. The summed E-state index contributed by atoms with van der Waals surface area (Å²) in [7, 11) is 1.88. The smallest absolute Gasteiger partial charge is 0.220 e. The van der Waals surface area contributed by atoms with Gasteiger partial charge in [0.2, 0.25) is 5.91 Å². The highest BCUT2D eigenvalue weighted by Crippen LogP contribution is 2.47. The van der Waals surface area contributed by atoms with Gasteiger partial charge in [-0.2, -0.15) is 0 Å². The summed E-state index contributed by atoms with van der Waals surface area (Å²) in [4.78, 5) is 11.7. The van der Waals surface area contributed by atoms with Gasteiger partial charge in [0.05, 0.1) is 0 Å². The number of carbonyl (C=O) groups excluding carboxylic acids is 1. The van der Waals surface area contributed by atoms with Crippen molar-refractivity contribution in [3.63, 3.8) is 0 Å². The van der Waals surface area contributed by atoms with Crippen LogP contribution in [-0.2, 0) is 10.2 Å². The minimum absolute atomic E-state index is 0. The maximum Gasteiger partial charge on any atom is 0.220 e. The van der Waals surface area contributed by atoms with Gasteiger partial charge in [-0.3, -0.25) is 4.79 Å². The van der Waals surface area contributed by atoms with E-state index in [0.717, 1.165) is 31.4 Å². The van der Waals surface area contributed by atoms with E-state index in [4.69, 9.17) is 0 Å². The Labute approximate surface area is 125 Å². The second kappa shape index (κ2) is 7.60. The third-order valence-corrected chi connectivity index (χ3v) is 3.76. The molecule has 0 aliphatic heterocycles. The lowest BCUT2D eigenvalue weighted by Gasteiger charge is -2.16. The summed E-state index contributed by atoms with van der Waals surface area (Å²) < 4.78 is 12.9. The molecule has 1 aromatic rings. The van der Waals surface area contributed by atoms with Gasteiger partial charge in [0, 0.05) is 18.4 Å². The number of halogens is 2. The van der Waals surface area contributed by atoms with Crippen LogP contribution in [0, 0.1) is 5.82 Å². The number of nitrogens with one attached hydrogen (secondary N) is 2. The first-order valence-electron chi connectivity index (χ1n) is 6.84. The normalized spacial score (nSPS) is 15.3. The van der Waals surface area contributed by atoms with Crippen molar-refractivity contribution >= 4 is 18.3 Å². The van der Waals surface area contributed by atoms with E-state index < -0.39 is 0 Å². The number of benzene rings is 1. The molecule has 1 aliphatic carbocycles. The maximum atomic E-state index is 12.9. The second-order valence-electron chi connectivity index (χ2n) is 5.27. The lowest BCUT2D eigenvalue weighted by atomic mass is 9.96. The van der Waals surface area contributed by atoms with Crippen LogP contribution in [0.15, 0.2) is 24.3 Å². The Morgan fingerprint density at radius 2 is 1.95 bits per heavy atom. The Morgan fingerprint density at radius 1 is 1.30 bits per heavy atom. The van der Waals surface area contributed by atoms with Crippen LogP contribution < -0.4 is 10.6 Å². The third-order valence-electron chi connectivity index (χ3n) is 3.76. The lowest BCUT2D eigenvalue weighted by Crippen LogP contribution is -2.32. The fraction of sp³-hybridized carbons (Fsp3) is 0.533. The molecule has 1 saturated carbocycles. The summed E-state index contributed by atoms with van der Waals surface area (Å²) in [5, 5.41) is 6.02. The molecular weight excluding hydrogens is 279 g/mol. The van der Waals surface area contributed by atoms with Crippen LogP contribution in [0.4, 0.5) is 4.39 Å². The average Bonchev–Trinajstić information content (AvgIpc) is 3.19. The van der Waals surface area contributed by atoms with Gasteiger partial charge in [-0.25, -0.2) is 4.39 Å². The fourth-order valence-corrected chi connectivity index (χ4v) is 2.30. The summed E-state index contributed by atoms with van der Waals surface area (Å²) in [6.45, 7) is 1.52. The highest BCUT2D eigenvalue weighted by atomic mass is 35.5. The van der Waals surface area contributed by atoms with Gasteiger partial charge in [-0.1, -0.05) is 12.1 Å². The van der Waals surface area contributed by atoms with Gasteiger partial charge >= 0.3 is 0 Å². The van der Waals surface area contributed by atoms with Gasteiger partial charge < -0.3 is 10.6 Å². The minimum Gasteiger partial charge on any atom is -0.355 e. The topological polar surface area (TPSA) is 41.1 Å². The molecule has 0 bridgehead atoms. The zero-order valence-corrected chi connectivity index (χ0v) is 12.6. The highest BCUT2D eigenvalue weighted by Gasteiger charge is 2.44. The standard InChI is InChI=1S/C15H21FN2O.ClH/c1-17-10-2-3-14(19)18-11-15(8-9-15)12-4-6-13(16)7-5-12;/h4-7,17H,2-3,8-11H2,1H3,(H,18,19);1H. The summed E-state index contributed by atoms with van der Waals surface area (Å²) >= 11 is 0. The molecule has 5 heteroatoms. The van der Waals surface area contributed by atoms with E-state index in [1.165, 1.54) is 12.1 Å². The van der Waals surface area contributed by atoms with E-state index in [1.54, 1.807) is 0 Å². The summed E-state index contributed by atoms with van der Waals surface area (Å²) in [6, 6.07) is 6.64. The Kier molecular flexibility index (Phi) is 6.43. The van der Waals surface area contributed by atoms with Gasteiger partial charge in [-0.15, -0.1) is 12.4 Å². The number of amides is 1. The van der Waals surface area contributed by atoms with Crippen LogP contribution in [0.2, 0.25) is 0 Å². The van der Waals surface area contributed by atoms with E-state index in [9.17, 15) is 9.18 Å². The molecule has 1 fully saturated rings. The molecule has 1 aromatic carbocycles.